The standard InChI is InChI=1S/C18H25ClN2O4/c1-18(2,3)25-17(23)21-9-5-6-13(11-21)20-12-7-8-15(19)14(10-12)16(22)24-4/h7-8,10,13,20H,5-6,9,11H2,1-4H3. The number of likely N-dealkylation sites (tertiary alicyclic amines) is 1. The van der Waals surface area contributed by atoms with Gasteiger partial charge in [-0.2, -0.15) is 0 Å². The minimum Gasteiger partial charge on any atom is -0.465 e. The van der Waals surface area contributed by atoms with Crippen molar-refractivity contribution in [2.24, 2.45) is 0 Å². The van der Waals surface area contributed by atoms with Crippen molar-refractivity contribution in [3.8, 4) is 0 Å². The van der Waals surface area contributed by atoms with Crippen LogP contribution < -0.4 is 5.32 Å². The Balaban J connectivity index is 2.03. The molecule has 138 valence electrons. The summed E-state index contributed by atoms with van der Waals surface area (Å²) in [5.74, 6) is -0.479. The van der Waals surface area contributed by atoms with E-state index in [9.17, 15) is 9.59 Å². The largest absolute Gasteiger partial charge is 0.465 e. The number of carbonyl (C=O) groups is 2. The lowest BCUT2D eigenvalue weighted by Gasteiger charge is -2.34. The van der Waals surface area contributed by atoms with Crippen LogP contribution in [-0.4, -0.2) is 48.8 Å². The number of hydrogen-bond donors (Lipinski definition) is 1. The minimum absolute atomic E-state index is 0.0768. The molecule has 1 saturated heterocycles. The molecule has 0 saturated carbocycles. The molecule has 2 rings (SSSR count). The molecule has 1 amide bonds. The van der Waals surface area contributed by atoms with E-state index < -0.39 is 11.6 Å². The van der Waals surface area contributed by atoms with E-state index in [0.717, 1.165) is 18.5 Å². The Bertz CT molecular complexity index is 642. The number of halogens is 1. The highest BCUT2D eigenvalue weighted by Crippen LogP contribution is 2.24. The van der Waals surface area contributed by atoms with E-state index in [1.807, 2.05) is 20.8 Å². The van der Waals surface area contributed by atoms with E-state index in [-0.39, 0.29) is 12.1 Å². The van der Waals surface area contributed by atoms with E-state index in [4.69, 9.17) is 21.1 Å². The maximum absolute atomic E-state index is 12.2. The molecule has 1 heterocycles. The number of methoxy groups -OCH3 is 1. The van der Waals surface area contributed by atoms with Crippen LogP contribution in [0, 0.1) is 0 Å². The van der Waals surface area contributed by atoms with Crippen LogP contribution in [-0.2, 0) is 9.47 Å². The van der Waals surface area contributed by atoms with E-state index >= 15 is 0 Å². The predicted octanol–water partition coefficient (Wildman–Crippen LogP) is 3.94. The van der Waals surface area contributed by atoms with Gasteiger partial charge in [0, 0.05) is 24.8 Å². The quantitative estimate of drug-likeness (QED) is 0.818. The van der Waals surface area contributed by atoms with Crippen LogP contribution in [0.25, 0.3) is 0 Å². The van der Waals surface area contributed by atoms with E-state index in [2.05, 4.69) is 5.32 Å². The average Bonchev–Trinajstić information content (AvgIpc) is 2.54. The molecular formula is C18H25ClN2O4. The van der Waals surface area contributed by atoms with Gasteiger partial charge >= 0.3 is 12.1 Å². The first-order valence-electron chi connectivity index (χ1n) is 8.32. The summed E-state index contributed by atoms with van der Waals surface area (Å²) in [6, 6.07) is 5.21. The SMILES string of the molecule is COC(=O)c1cc(NC2CCCN(C(=O)OC(C)(C)C)C2)ccc1Cl. The van der Waals surface area contributed by atoms with Crippen molar-refractivity contribution in [1.29, 1.82) is 0 Å². The van der Waals surface area contributed by atoms with Crippen LogP contribution in [0.15, 0.2) is 18.2 Å². The molecule has 7 heteroatoms. The van der Waals surface area contributed by atoms with Crippen molar-refractivity contribution in [3.63, 3.8) is 0 Å². The third-order valence-corrected chi connectivity index (χ3v) is 4.15. The molecule has 0 radical (unpaired) electrons. The van der Waals surface area contributed by atoms with Crippen LogP contribution in [0.3, 0.4) is 0 Å². The Morgan fingerprint density at radius 2 is 2.04 bits per heavy atom. The summed E-state index contributed by atoms with van der Waals surface area (Å²) in [6.45, 7) is 6.79. The van der Waals surface area contributed by atoms with Gasteiger partial charge in [-0.1, -0.05) is 11.6 Å². The fourth-order valence-electron chi connectivity index (χ4n) is 2.70. The van der Waals surface area contributed by atoms with Crippen molar-refractivity contribution < 1.29 is 19.1 Å². The summed E-state index contributed by atoms with van der Waals surface area (Å²) >= 11 is 6.04. The van der Waals surface area contributed by atoms with Gasteiger partial charge in [0.05, 0.1) is 17.7 Å². The summed E-state index contributed by atoms with van der Waals surface area (Å²) in [4.78, 5) is 25.7. The van der Waals surface area contributed by atoms with Crippen molar-refractivity contribution in [1.82, 2.24) is 4.90 Å². The summed E-state index contributed by atoms with van der Waals surface area (Å²) in [7, 11) is 1.32. The van der Waals surface area contributed by atoms with Crippen molar-refractivity contribution in [2.45, 2.75) is 45.3 Å². The summed E-state index contributed by atoms with van der Waals surface area (Å²) in [5, 5.41) is 3.70. The fourth-order valence-corrected chi connectivity index (χ4v) is 2.90. The lowest BCUT2D eigenvalue weighted by molar-refractivity contribution is 0.0206. The van der Waals surface area contributed by atoms with Gasteiger partial charge in [-0.3, -0.25) is 0 Å². The Morgan fingerprint density at radius 1 is 1.32 bits per heavy atom. The number of anilines is 1. The maximum atomic E-state index is 12.2. The molecule has 1 aromatic carbocycles. The second kappa shape index (κ2) is 7.95. The Hall–Kier alpha value is -1.95. The van der Waals surface area contributed by atoms with Crippen LogP contribution >= 0.6 is 11.6 Å². The molecule has 0 aliphatic carbocycles. The maximum Gasteiger partial charge on any atom is 0.410 e. The molecule has 1 unspecified atom stereocenters. The monoisotopic (exact) mass is 368 g/mol. The number of nitrogens with zero attached hydrogens (tertiary/aromatic N) is 1. The number of rotatable bonds is 3. The molecule has 25 heavy (non-hydrogen) atoms. The smallest absolute Gasteiger partial charge is 0.410 e. The number of nitrogens with one attached hydrogen (secondary N) is 1. The van der Waals surface area contributed by atoms with Gasteiger partial charge in [0.2, 0.25) is 0 Å². The number of carbonyl (C=O) groups excluding carboxylic acids is 2. The highest BCUT2D eigenvalue weighted by molar-refractivity contribution is 6.33. The average molecular weight is 369 g/mol. The third-order valence-electron chi connectivity index (χ3n) is 3.82. The summed E-state index contributed by atoms with van der Waals surface area (Å²) in [5.41, 5.74) is 0.568. The second-order valence-corrected chi connectivity index (χ2v) is 7.50. The highest BCUT2D eigenvalue weighted by Gasteiger charge is 2.27. The normalized spacial score (nSPS) is 17.8. The van der Waals surface area contributed by atoms with Crippen LogP contribution in [0.4, 0.5) is 10.5 Å². The number of amides is 1. The van der Waals surface area contributed by atoms with Gasteiger partial charge in [0.15, 0.2) is 0 Å². The van der Waals surface area contributed by atoms with Gasteiger partial charge < -0.3 is 19.7 Å². The molecule has 6 nitrogen and oxygen atoms in total. The summed E-state index contributed by atoms with van der Waals surface area (Å²) in [6.07, 6.45) is 1.51. The lowest BCUT2D eigenvalue weighted by Crippen LogP contribution is -2.47. The first-order valence-corrected chi connectivity index (χ1v) is 8.70. The number of hydrogen-bond acceptors (Lipinski definition) is 5. The van der Waals surface area contributed by atoms with Gasteiger partial charge in [-0.15, -0.1) is 0 Å². The first-order chi connectivity index (χ1) is 11.7. The van der Waals surface area contributed by atoms with Crippen molar-refractivity contribution >= 4 is 29.4 Å². The van der Waals surface area contributed by atoms with Crippen LogP contribution in [0.2, 0.25) is 5.02 Å². The molecule has 0 aromatic heterocycles. The van der Waals surface area contributed by atoms with Crippen LogP contribution in [0.1, 0.15) is 44.0 Å². The first kappa shape index (κ1) is 19.4. The topological polar surface area (TPSA) is 67.9 Å². The van der Waals surface area contributed by atoms with Gasteiger partial charge in [0.25, 0.3) is 0 Å². The fraction of sp³-hybridized carbons (Fsp3) is 0.556. The molecule has 0 spiro atoms. The van der Waals surface area contributed by atoms with E-state index in [0.29, 0.717) is 23.7 Å². The zero-order valence-electron chi connectivity index (χ0n) is 15.1. The molecule has 1 aromatic rings. The van der Waals surface area contributed by atoms with Crippen LogP contribution in [0.5, 0.6) is 0 Å². The highest BCUT2D eigenvalue weighted by atomic mass is 35.5. The predicted molar refractivity (Wildman–Crippen MR) is 97.2 cm³/mol. The molecule has 1 fully saturated rings. The molecule has 1 aliphatic rings. The molecule has 0 bridgehead atoms. The minimum atomic E-state index is -0.511. The second-order valence-electron chi connectivity index (χ2n) is 7.10. The Labute approximate surface area is 153 Å². The summed E-state index contributed by atoms with van der Waals surface area (Å²) < 4.78 is 10.2. The third kappa shape index (κ3) is 5.53. The number of esters is 1. The number of piperidine rings is 1. The van der Waals surface area contributed by atoms with E-state index in [1.165, 1.54) is 7.11 Å². The Morgan fingerprint density at radius 3 is 2.68 bits per heavy atom. The van der Waals surface area contributed by atoms with Gasteiger partial charge in [0.1, 0.15) is 5.60 Å². The lowest BCUT2D eigenvalue weighted by atomic mass is 10.1. The van der Waals surface area contributed by atoms with Crippen molar-refractivity contribution in [2.75, 3.05) is 25.5 Å². The molecule has 1 aliphatic heterocycles. The molecular weight excluding hydrogens is 344 g/mol. The van der Waals surface area contributed by atoms with E-state index in [1.54, 1.807) is 23.1 Å². The number of benzene rings is 1. The number of ether oxygens (including phenoxy) is 2. The van der Waals surface area contributed by atoms with Gasteiger partial charge in [-0.25, -0.2) is 9.59 Å². The Kier molecular flexibility index (Phi) is 6.16. The molecule has 1 atom stereocenters. The molecule has 1 N–H and O–H groups in total. The van der Waals surface area contributed by atoms with Crippen molar-refractivity contribution in [3.05, 3.63) is 28.8 Å². The zero-order valence-corrected chi connectivity index (χ0v) is 15.9. The van der Waals surface area contributed by atoms with Gasteiger partial charge in [-0.05, 0) is 51.8 Å². The zero-order chi connectivity index (χ0) is 18.6.